The molecule has 4 aliphatic rings. The molecule has 1 N–H and O–H groups in total. The number of Topliss-reactive ketones (excluding diaryl/α,β-unsaturated/α-hetero) is 1. The molecule has 0 heterocycles. The van der Waals surface area contributed by atoms with Crippen LogP contribution in [0.4, 0.5) is 0 Å². The molecule has 0 radical (unpaired) electrons. The van der Waals surface area contributed by atoms with Crippen molar-refractivity contribution in [1.29, 1.82) is 0 Å². The molecule has 0 unspecified atom stereocenters. The molecule has 4 saturated carbocycles. The zero-order chi connectivity index (χ0) is 20.2. The molecule has 4 aliphatic carbocycles. The molecule has 0 aromatic rings. The highest BCUT2D eigenvalue weighted by molar-refractivity contribution is 5.92. The smallest absolute Gasteiger partial charge is 0.143 e. The molecule has 0 amide bonds. The van der Waals surface area contributed by atoms with Crippen LogP contribution >= 0.6 is 0 Å². The predicted molar refractivity (Wildman–Crippen MR) is 108 cm³/mol. The first kappa shape index (κ1) is 20.5. The monoisotopic (exact) mass is 390 g/mol. The van der Waals surface area contributed by atoms with Gasteiger partial charge < -0.3 is 14.6 Å². The third-order valence-corrected chi connectivity index (χ3v) is 9.74. The first-order valence-electron chi connectivity index (χ1n) is 11.4. The van der Waals surface area contributed by atoms with Gasteiger partial charge in [0.05, 0.1) is 18.6 Å². The Morgan fingerprint density at radius 2 is 1.86 bits per heavy atom. The maximum atomic E-state index is 12.7. The minimum absolute atomic E-state index is 0.0719. The molecular weight excluding hydrogens is 352 g/mol. The van der Waals surface area contributed by atoms with Crippen molar-refractivity contribution in [2.45, 2.75) is 83.7 Å². The van der Waals surface area contributed by atoms with Gasteiger partial charge in [0.2, 0.25) is 0 Å². The molecule has 0 spiro atoms. The summed E-state index contributed by atoms with van der Waals surface area (Å²) in [4.78, 5) is 23.6. The lowest BCUT2D eigenvalue weighted by molar-refractivity contribution is -0.175. The van der Waals surface area contributed by atoms with E-state index in [1.807, 2.05) is 14.0 Å². The fourth-order valence-corrected chi connectivity index (χ4v) is 8.54. The minimum atomic E-state index is -0.530. The fraction of sp³-hybridized carbons (Fsp3) is 0.917. The summed E-state index contributed by atoms with van der Waals surface area (Å²) in [5.74, 6) is 2.72. The van der Waals surface area contributed by atoms with Crippen molar-refractivity contribution in [3.05, 3.63) is 0 Å². The highest BCUT2D eigenvalue weighted by Gasteiger charge is 2.63. The number of aliphatic hydroxyl groups is 1. The molecule has 4 heteroatoms. The van der Waals surface area contributed by atoms with Gasteiger partial charge in [-0.25, -0.2) is 0 Å². The Bertz CT molecular complexity index is 628. The maximum absolute atomic E-state index is 12.7. The van der Waals surface area contributed by atoms with Crippen LogP contribution in [0, 0.1) is 40.4 Å². The lowest BCUT2D eigenvalue weighted by Crippen LogP contribution is -2.58. The molecule has 28 heavy (non-hydrogen) atoms. The van der Waals surface area contributed by atoms with Gasteiger partial charge >= 0.3 is 0 Å². The van der Waals surface area contributed by atoms with Crippen LogP contribution in [0.2, 0.25) is 0 Å². The predicted octanol–water partition coefficient (Wildman–Crippen LogP) is 4.18. The van der Waals surface area contributed by atoms with Gasteiger partial charge in [0.15, 0.2) is 0 Å². The first-order valence-corrected chi connectivity index (χ1v) is 11.4. The number of fused-ring (bicyclic) bond motifs is 5. The summed E-state index contributed by atoms with van der Waals surface area (Å²) < 4.78 is 5.81. The third-order valence-electron chi connectivity index (χ3n) is 9.74. The molecule has 0 aromatic heterocycles. The summed E-state index contributed by atoms with van der Waals surface area (Å²) in [6.07, 6.45) is 10.5. The van der Waals surface area contributed by atoms with E-state index in [4.69, 9.17) is 4.74 Å². The Kier molecular flexibility index (Phi) is 5.27. The Hall–Kier alpha value is -0.740. The van der Waals surface area contributed by atoms with Crippen LogP contribution in [0.1, 0.15) is 78.1 Å². The number of carbonyl (C=O) groups is 2. The SMILES string of the molecule is COC[C@]12CC[C@@](C)(O)C[C@@H]1CC[C@H]1[C@@H]3CC[C@H](C(=O)CC=O)[C@@]3(C)CC[C@@H]12. The van der Waals surface area contributed by atoms with E-state index in [0.717, 1.165) is 51.4 Å². The van der Waals surface area contributed by atoms with Gasteiger partial charge in [-0.1, -0.05) is 6.92 Å². The molecule has 0 aliphatic heterocycles. The van der Waals surface area contributed by atoms with Crippen LogP contribution in [0.15, 0.2) is 0 Å². The largest absolute Gasteiger partial charge is 0.390 e. The highest BCUT2D eigenvalue weighted by atomic mass is 16.5. The summed E-state index contributed by atoms with van der Waals surface area (Å²) in [5.41, 5.74) is -0.258. The van der Waals surface area contributed by atoms with Gasteiger partial charge in [-0.3, -0.25) is 4.79 Å². The summed E-state index contributed by atoms with van der Waals surface area (Å²) in [5, 5.41) is 10.7. The molecule has 4 nitrogen and oxygen atoms in total. The van der Waals surface area contributed by atoms with Crippen LogP contribution < -0.4 is 0 Å². The van der Waals surface area contributed by atoms with Crippen molar-refractivity contribution < 1.29 is 19.4 Å². The second-order valence-electron chi connectivity index (χ2n) is 11.0. The molecule has 0 bridgehead atoms. The molecular formula is C24H38O4. The van der Waals surface area contributed by atoms with Crippen LogP contribution in [0.25, 0.3) is 0 Å². The molecule has 8 atom stereocenters. The molecule has 4 rings (SSSR count). The van der Waals surface area contributed by atoms with E-state index in [0.29, 0.717) is 23.7 Å². The molecule has 158 valence electrons. The fourth-order valence-electron chi connectivity index (χ4n) is 8.54. The number of hydrogen-bond donors (Lipinski definition) is 1. The number of aldehydes is 1. The van der Waals surface area contributed by atoms with Gasteiger partial charge in [-0.15, -0.1) is 0 Å². The molecule has 0 saturated heterocycles. The normalized spacial score (nSPS) is 50.4. The quantitative estimate of drug-likeness (QED) is 0.565. The topological polar surface area (TPSA) is 63.6 Å². The van der Waals surface area contributed by atoms with Gasteiger partial charge in [-0.05, 0) is 99.2 Å². The van der Waals surface area contributed by atoms with Crippen molar-refractivity contribution in [1.82, 2.24) is 0 Å². The second kappa shape index (κ2) is 7.19. The Labute approximate surface area is 169 Å². The lowest BCUT2D eigenvalue weighted by Gasteiger charge is -2.62. The molecule has 4 fully saturated rings. The second-order valence-corrected chi connectivity index (χ2v) is 11.0. The molecule has 0 aromatic carbocycles. The van der Waals surface area contributed by atoms with Crippen molar-refractivity contribution in [3.8, 4) is 0 Å². The van der Waals surface area contributed by atoms with Gasteiger partial charge in [-0.2, -0.15) is 0 Å². The number of ketones is 1. The van der Waals surface area contributed by atoms with E-state index in [2.05, 4.69) is 6.92 Å². The van der Waals surface area contributed by atoms with Crippen molar-refractivity contribution >= 4 is 12.1 Å². The summed E-state index contributed by atoms with van der Waals surface area (Å²) in [6, 6.07) is 0. The van der Waals surface area contributed by atoms with Crippen molar-refractivity contribution in [2.24, 2.45) is 40.4 Å². The summed E-state index contributed by atoms with van der Waals surface area (Å²) >= 11 is 0. The van der Waals surface area contributed by atoms with Gasteiger partial charge in [0.1, 0.15) is 12.1 Å². The van der Waals surface area contributed by atoms with E-state index >= 15 is 0 Å². The van der Waals surface area contributed by atoms with Crippen LogP contribution in [-0.2, 0) is 14.3 Å². The zero-order valence-electron chi connectivity index (χ0n) is 17.9. The van der Waals surface area contributed by atoms with E-state index in [1.165, 1.54) is 19.3 Å². The lowest BCUT2D eigenvalue weighted by atomic mass is 9.43. The zero-order valence-corrected chi connectivity index (χ0v) is 17.9. The van der Waals surface area contributed by atoms with Crippen LogP contribution in [-0.4, -0.2) is 36.5 Å². The van der Waals surface area contributed by atoms with Crippen LogP contribution in [0.3, 0.4) is 0 Å². The van der Waals surface area contributed by atoms with Crippen LogP contribution in [0.5, 0.6) is 0 Å². The van der Waals surface area contributed by atoms with E-state index in [-0.39, 0.29) is 29.0 Å². The number of rotatable bonds is 5. The average Bonchev–Trinajstić information content (AvgIpc) is 2.99. The highest BCUT2D eigenvalue weighted by Crippen LogP contribution is 2.68. The van der Waals surface area contributed by atoms with Crippen molar-refractivity contribution in [3.63, 3.8) is 0 Å². The Morgan fingerprint density at radius 1 is 1.07 bits per heavy atom. The first-order chi connectivity index (χ1) is 13.3. The standard InChI is InChI=1S/C24H38O4/c1-22(27)11-12-24(15-28-3)16(14-22)4-5-17-18-6-7-20(21(26)9-13-25)23(18,2)10-8-19(17)24/h13,16-20,27H,4-12,14-15H2,1-3H3/t16-,17-,18-,19-,20+,22+,23-,24+/m0/s1. The number of carbonyl (C=O) groups excluding carboxylic acids is 2. The van der Waals surface area contributed by atoms with E-state index in [9.17, 15) is 14.7 Å². The van der Waals surface area contributed by atoms with Gasteiger partial charge in [0, 0.05) is 13.0 Å². The number of hydrogen-bond acceptors (Lipinski definition) is 4. The number of methoxy groups -OCH3 is 1. The Morgan fingerprint density at radius 3 is 2.57 bits per heavy atom. The third kappa shape index (κ3) is 3.01. The maximum Gasteiger partial charge on any atom is 0.143 e. The minimum Gasteiger partial charge on any atom is -0.390 e. The number of ether oxygens (including phenoxy) is 1. The van der Waals surface area contributed by atoms with E-state index < -0.39 is 5.60 Å². The Balaban J connectivity index is 1.61. The van der Waals surface area contributed by atoms with E-state index in [1.54, 1.807) is 0 Å². The van der Waals surface area contributed by atoms with Crippen molar-refractivity contribution in [2.75, 3.05) is 13.7 Å². The van der Waals surface area contributed by atoms with Gasteiger partial charge in [0.25, 0.3) is 0 Å². The average molecular weight is 391 g/mol. The summed E-state index contributed by atoms with van der Waals surface area (Å²) in [6.45, 7) is 5.16. The summed E-state index contributed by atoms with van der Waals surface area (Å²) in [7, 11) is 1.83.